The summed E-state index contributed by atoms with van der Waals surface area (Å²) in [5.41, 5.74) is 1.60. The molecule has 0 heterocycles. The molecule has 4 aromatic carbocycles. The standard InChI is InChI=1S/C41H49N3O9S/c1-49-32-18-12-15-30(23-32)27-43(36(24-29-13-8-6-9-14-29)41(46)42-31-16-10-7-11-17-31)40(45)28-44(35-25-33(50-2)19-21-37(35)51-3)54(47,48)34-20-22-38(52-4)39(26-34)53-5/h6,8-9,12-15,18-23,25-26,31,36H,7,10-11,16-17,24,27-28H2,1-5H3,(H,42,46)/t36-/m0/s1. The number of nitrogens with one attached hydrogen (secondary N) is 1. The lowest BCUT2D eigenvalue weighted by Gasteiger charge is -2.35. The lowest BCUT2D eigenvalue weighted by molar-refractivity contribution is -0.140. The van der Waals surface area contributed by atoms with E-state index < -0.39 is 28.5 Å². The SMILES string of the molecule is COc1cccc(CN(C(=O)CN(c2cc(OC)ccc2OC)S(=O)(=O)c2ccc(OC)c(OC)c2)[C@@H](Cc2ccccc2)C(=O)NC2CCCCC2)c1. The van der Waals surface area contributed by atoms with Crippen LogP contribution in [0.4, 0.5) is 5.69 Å². The molecule has 0 radical (unpaired) electrons. The predicted molar refractivity (Wildman–Crippen MR) is 206 cm³/mol. The first-order valence-corrected chi connectivity index (χ1v) is 19.3. The predicted octanol–water partition coefficient (Wildman–Crippen LogP) is 6.01. The molecule has 1 aliphatic carbocycles. The molecular formula is C41H49N3O9S. The van der Waals surface area contributed by atoms with Gasteiger partial charge in [0.1, 0.15) is 29.8 Å². The molecule has 0 spiro atoms. The van der Waals surface area contributed by atoms with Crippen molar-refractivity contribution in [1.29, 1.82) is 0 Å². The van der Waals surface area contributed by atoms with Crippen molar-refractivity contribution in [2.75, 3.05) is 46.4 Å². The van der Waals surface area contributed by atoms with E-state index in [0.29, 0.717) is 22.8 Å². The van der Waals surface area contributed by atoms with Crippen LogP contribution in [0.1, 0.15) is 43.2 Å². The van der Waals surface area contributed by atoms with Gasteiger partial charge in [0.05, 0.1) is 46.1 Å². The average Bonchev–Trinajstić information content (AvgIpc) is 3.21. The fourth-order valence-electron chi connectivity index (χ4n) is 6.67. The third-order valence-electron chi connectivity index (χ3n) is 9.59. The van der Waals surface area contributed by atoms with Crippen LogP contribution < -0.4 is 33.3 Å². The largest absolute Gasteiger partial charge is 0.497 e. The van der Waals surface area contributed by atoms with Gasteiger partial charge >= 0.3 is 0 Å². The summed E-state index contributed by atoms with van der Waals surface area (Å²) in [6.07, 6.45) is 5.01. The highest BCUT2D eigenvalue weighted by molar-refractivity contribution is 7.92. The number of rotatable bonds is 17. The Morgan fingerprint density at radius 2 is 1.35 bits per heavy atom. The Balaban J connectivity index is 1.65. The van der Waals surface area contributed by atoms with Gasteiger partial charge in [-0.1, -0.05) is 61.7 Å². The number of sulfonamides is 1. The highest BCUT2D eigenvalue weighted by atomic mass is 32.2. The Kier molecular flexibility index (Phi) is 13.7. The van der Waals surface area contributed by atoms with Gasteiger partial charge in [-0.3, -0.25) is 13.9 Å². The zero-order valence-electron chi connectivity index (χ0n) is 31.4. The van der Waals surface area contributed by atoms with Crippen molar-refractivity contribution in [3.8, 4) is 28.7 Å². The van der Waals surface area contributed by atoms with Gasteiger partial charge in [0.25, 0.3) is 10.0 Å². The molecule has 1 saturated carbocycles. The molecule has 0 unspecified atom stereocenters. The fourth-order valence-corrected chi connectivity index (χ4v) is 8.11. The summed E-state index contributed by atoms with van der Waals surface area (Å²) < 4.78 is 58.0. The summed E-state index contributed by atoms with van der Waals surface area (Å²) in [7, 11) is 2.76. The quantitative estimate of drug-likeness (QED) is 0.137. The van der Waals surface area contributed by atoms with E-state index in [1.165, 1.54) is 57.6 Å². The number of anilines is 1. The number of ether oxygens (including phenoxy) is 5. The van der Waals surface area contributed by atoms with Crippen LogP contribution in [0.2, 0.25) is 0 Å². The third kappa shape index (κ3) is 9.56. The lowest BCUT2D eigenvalue weighted by Crippen LogP contribution is -2.55. The molecule has 54 heavy (non-hydrogen) atoms. The minimum absolute atomic E-state index is 0.00882. The van der Waals surface area contributed by atoms with Crippen LogP contribution in [0.3, 0.4) is 0 Å². The zero-order valence-corrected chi connectivity index (χ0v) is 32.3. The summed E-state index contributed by atoms with van der Waals surface area (Å²) in [6, 6.07) is 24.6. The van der Waals surface area contributed by atoms with E-state index in [0.717, 1.165) is 42.0 Å². The van der Waals surface area contributed by atoms with Gasteiger partial charge in [0.2, 0.25) is 11.8 Å². The molecule has 0 saturated heterocycles. The Morgan fingerprint density at radius 3 is 2.02 bits per heavy atom. The van der Waals surface area contributed by atoms with Gasteiger partial charge in [-0.05, 0) is 60.4 Å². The molecule has 5 rings (SSSR count). The van der Waals surface area contributed by atoms with E-state index in [9.17, 15) is 13.2 Å². The van der Waals surface area contributed by atoms with Crippen molar-refractivity contribution < 1.29 is 41.7 Å². The first-order valence-electron chi connectivity index (χ1n) is 17.8. The van der Waals surface area contributed by atoms with Crippen molar-refractivity contribution in [1.82, 2.24) is 10.2 Å². The summed E-state index contributed by atoms with van der Waals surface area (Å²) in [4.78, 5) is 30.8. The number of carbonyl (C=O) groups is 2. The molecule has 1 N–H and O–H groups in total. The molecule has 13 heteroatoms. The number of amides is 2. The molecule has 0 bridgehead atoms. The second-order valence-electron chi connectivity index (χ2n) is 13.0. The van der Waals surface area contributed by atoms with Crippen LogP contribution in [-0.2, 0) is 32.6 Å². The van der Waals surface area contributed by atoms with Crippen LogP contribution >= 0.6 is 0 Å². The first kappa shape index (κ1) is 39.8. The average molecular weight is 760 g/mol. The van der Waals surface area contributed by atoms with Crippen molar-refractivity contribution in [3.63, 3.8) is 0 Å². The Labute approximate surface area is 318 Å². The summed E-state index contributed by atoms with van der Waals surface area (Å²) >= 11 is 0. The Hall–Kier alpha value is -5.43. The molecule has 288 valence electrons. The van der Waals surface area contributed by atoms with E-state index >= 15 is 4.79 Å². The fraction of sp³-hybridized carbons (Fsp3) is 0.366. The van der Waals surface area contributed by atoms with Crippen LogP contribution in [0.15, 0.2) is 95.9 Å². The Bertz CT molecular complexity index is 1990. The number of hydrogen-bond acceptors (Lipinski definition) is 9. The second-order valence-corrected chi connectivity index (χ2v) is 14.9. The molecule has 4 aromatic rings. The van der Waals surface area contributed by atoms with Crippen molar-refractivity contribution in [3.05, 3.63) is 102 Å². The van der Waals surface area contributed by atoms with Gasteiger partial charge in [-0.25, -0.2) is 8.42 Å². The molecule has 2 amide bonds. The topological polar surface area (TPSA) is 133 Å². The summed E-state index contributed by atoms with van der Waals surface area (Å²) in [6.45, 7) is -0.697. The zero-order chi connectivity index (χ0) is 38.7. The van der Waals surface area contributed by atoms with Gasteiger partial charge in [-0.15, -0.1) is 0 Å². The number of benzene rings is 4. The maximum Gasteiger partial charge on any atom is 0.265 e. The monoisotopic (exact) mass is 759 g/mol. The van der Waals surface area contributed by atoms with Crippen LogP contribution in [-0.4, -0.2) is 79.3 Å². The van der Waals surface area contributed by atoms with Crippen LogP contribution in [0.5, 0.6) is 28.7 Å². The van der Waals surface area contributed by atoms with Gasteiger partial charge in [-0.2, -0.15) is 0 Å². The Morgan fingerprint density at radius 1 is 0.704 bits per heavy atom. The van der Waals surface area contributed by atoms with Crippen molar-refractivity contribution in [2.24, 2.45) is 0 Å². The maximum absolute atomic E-state index is 15.1. The summed E-state index contributed by atoms with van der Waals surface area (Å²) in [5, 5.41) is 3.23. The molecule has 1 fully saturated rings. The van der Waals surface area contributed by atoms with Gasteiger partial charge in [0, 0.05) is 31.1 Å². The van der Waals surface area contributed by atoms with Crippen LogP contribution in [0.25, 0.3) is 0 Å². The van der Waals surface area contributed by atoms with Crippen molar-refractivity contribution >= 4 is 27.5 Å². The second kappa shape index (κ2) is 18.6. The number of carbonyl (C=O) groups excluding carboxylic acids is 2. The molecule has 12 nitrogen and oxygen atoms in total. The van der Waals surface area contributed by atoms with Crippen molar-refractivity contribution in [2.45, 2.75) is 62.0 Å². The number of methoxy groups -OCH3 is 5. The van der Waals surface area contributed by atoms with Gasteiger partial charge < -0.3 is 33.9 Å². The van der Waals surface area contributed by atoms with E-state index in [1.54, 1.807) is 37.4 Å². The first-order chi connectivity index (χ1) is 26.1. The maximum atomic E-state index is 15.1. The highest BCUT2D eigenvalue weighted by Gasteiger charge is 2.37. The van der Waals surface area contributed by atoms with Crippen LogP contribution in [0, 0.1) is 0 Å². The molecular weight excluding hydrogens is 711 g/mol. The third-order valence-corrected chi connectivity index (χ3v) is 11.3. The van der Waals surface area contributed by atoms with E-state index in [2.05, 4.69) is 5.32 Å². The van der Waals surface area contributed by atoms with E-state index in [-0.39, 0.29) is 47.0 Å². The number of nitrogens with zero attached hydrogens (tertiary/aromatic N) is 2. The minimum atomic E-state index is -4.51. The molecule has 0 aromatic heterocycles. The minimum Gasteiger partial charge on any atom is -0.497 e. The summed E-state index contributed by atoms with van der Waals surface area (Å²) in [5.74, 6) is 0.682. The molecule has 1 aliphatic rings. The smallest absolute Gasteiger partial charge is 0.265 e. The lowest BCUT2D eigenvalue weighted by atomic mass is 9.94. The van der Waals surface area contributed by atoms with E-state index in [4.69, 9.17) is 23.7 Å². The molecule has 1 atom stereocenters. The van der Waals surface area contributed by atoms with E-state index in [1.807, 2.05) is 36.4 Å². The highest BCUT2D eigenvalue weighted by Crippen LogP contribution is 2.38. The normalized spacial score (nSPS) is 13.6. The van der Waals surface area contributed by atoms with Gasteiger partial charge in [0.15, 0.2) is 11.5 Å². The number of hydrogen-bond donors (Lipinski definition) is 1. The molecule has 0 aliphatic heterocycles.